The zero-order chi connectivity index (χ0) is 22.7. The Morgan fingerprint density at radius 3 is 2.50 bits per heavy atom. The third-order valence-corrected chi connectivity index (χ3v) is 5.59. The molecule has 5 nitrogen and oxygen atoms in total. The first-order valence-corrected chi connectivity index (χ1v) is 10.7. The largest absolute Gasteiger partial charge is 0.493 e. The lowest BCUT2D eigenvalue weighted by Gasteiger charge is -2.36. The second-order valence-electron chi connectivity index (χ2n) is 7.76. The number of piperazine rings is 1. The summed E-state index contributed by atoms with van der Waals surface area (Å²) in [6, 6.07) is 13.2. The lowest BCUT2D eigenvalue weighted by Crippen LogP contribution is -2.46. The zero-order valence-corrected chi connectivity index (χ0v) is 18.2. The summed E-state index contributed by atoms with van der Waals surface area (Å²) >= 11 is 0. The van der Waals surface area contributed by atoms with Gasteiger partial charge < -0.3 is 14.1 Å². The number of ether oxygens (including phenoxy) is 1. The van der Waals surface area contributed by atoms with Crippen molar-refractivity contribution in [2.45, 2.75) is 26.6 Å². The number of aryl methyl sites for hydroxylation is 1. The van der Waals surface area contributed by atoms with Crippen molar-refractivity contribution in [3.63, 3.8) is 0 Å². The van der Waals surface area contributed by atoms with Crippen molar-refractivity contribution in [3.8, 4) is 17.2 Å². The number of para-hydroxylation sites is 1. The zero-order valence-electron chi connectivity index (χ0n) is 18.2. The van der Waals surface area contributed by atoms with Crippen molar-refractivity contribution >= 4 is 5.69 Å². The van der Waals surface area contributed by atoms with Gasteiger partial charge in [0.15, 0.2) is 0 Å². The summed E-state index contributed by atoms with van der Waals surface area (Å²) in [7, 11) is 0. The minimum Gasteiger partial charge on any atom is -0.493 e. The van der Waals surface area contributed by atoms with Gasteiger partial charge in [-0.15, -0.1) is 0 Å². The molecule has 0 radical (unpaired) electrons. The number of hydrogen-bond acceptors (Lipinski definition) is 5. The highest BCUT2D eigenvalue weighted by Crippen LogP contribution is 2.33. The molecule has 2 heterocycles. The molecule has 0 saturated carbocycles. The summed E-state index contributed by atoms with van der Waals surface area (Å²) in [5, 5.41) is 0. The Morgan fingerprint density at radius 2 is 1.78 bits per heavy atom. The summed E-state index contributed by atoms with van der Waals surface area (Å²) in [6.45, 7) is 7.77. The number of rotatable bonds is 6. The van der Waals surface area contributed by atoms with E-state index in [4.69, 9.17) is 14.1 Å². The summed E-state index contributed by atoms with van der Waals surface area (Å²) in [5.74, 6) is 2.02. The fourth-order valence-electron chi connectivity index (χ4n) is 3.87. The molecule has 0 bridgehead atoms. The number of hydrogen-bond donors (Lipinski definition) is 0. The quantitative estimate of drug-likeness (QED) is 0.509. The van der Waals surface area contributed by atoms with E-state index < -0.39 is 11.7 Å². The van der Waals surface area contributed by atoms with Gasteiger partial charge in [-0.3, -0.25) is 4.90 Å². The van der Waals surface area contributed by atoms with E-state index in [1.54, 1.807) is 6.07 Å². The first kappa shape index (κ1) is 22.2. The molecule has 1 saturated heterocycles. The molecular weight excluding hydrogens is 419 g/mol. The molecule has 1 aliphatic rings. The van der Waals surface area contributed by atoms with Crippen LogP contribution in [0.25, 0.3) is 11.5 Å². The van der Waals surface area contributed by atoms with Crippen LogP contribution in [0.1, 0.15) is 23.9 Å². The molecule has 32 heavy (non-hydrogen) atoms. The van der Waals surface area contributed by atoms with Crippen LogP contribution in [-0.2, 0) is 12.7 Å². The van der Waals surface area contributed by atoms with Crippen molar-refractivity contribution < 1.29 is 22.3 Å². The van der Waals surface area contributed by atoms with Crippen molar-refractivity contribution in [2.24, 2.45) is 0 Å². The molecule has 4 rings (SSSR count). The summed E-state index contributed by atoms with van der Waals surface area (Å²) in [4.78, 5) is 8.94. The van der Waals surface area contributed by atoms with Crippen LogP contribution in [0.3, 0.4) is 0 Å². The van der Waals surface area contributed by atoms with Crippen molar-refractivity contribution in [1.82, 2.24) is 9.88 Å². The normalized spacial score (nSPS) is 15.2. The van der Waals surface area contributed by atoms with Crippen molar-refractivity contribution in [1.29, 1.82) is 0 Å². The highest BCUT2D eigenvalue weighted by Gasteiger charge is 2.31. The highest BCUT2D eigenvalue weighted by molar-refractivity contribution is 5.63. The SMILES string of the molecule is CCOc1ccccc1-c1nc(CN2CCN(c3cccc(C(F)(F)F)c3)CC2)c(C)o1. The average molecular weight is 445 g/mol. The number of nitrogens with zero attached hydrogens (tertiary/aromatic N) is 3. The standard InChI is InChI=1S/C24H26F3N3O2/c1-3-31-22-10-5-4-9-20(22)23-28-21(17(2)32-23)16-29-11-13-30(14-12-29)19-8-6-7-18(15-19)24(25,26)27/h4-10,15H,3,11-14,16H2,1-2H3. The number of aromatic nitrogens is 1. The van der Waals surface area contributed by atoms with E-state index in [-0.39, 0.29) is 0 Å². The monoisotopic (exact) mass is 445 g/mol. The number of oxazole rings is 1. The van der Waals surface area contributed by atoms with Crippen LogP contribution < -0.4 is 9.64 Å². The van der Waals surface area contributed by atoms with E-state index >= 15 is 0 Å². The van der Waals surface area contributed by atoms with Crippen LogP contribution >= 0.6 is 0 Å². The second kappa shape index (κ2) is 9.24. The number of halogens is 3. The molecule has 1 aliphatic heterocycles. The third-order valence-electron chi connectivity index (χ3n) is 5.59. The molecular formula is C24H26F3N3O2. The van der Waals surface area contributed by atoms with Crippen LogP contribution in [0.5, 0.6) is 5.75 Å². The molecule has 0 N–H and O–H groups in total. The molecule has 8 heteroatoms. The topological polar surface area (TPSA) is 41.7 Å². The molecule has 1 aromatic heterocycles. The molecule has 0 atom stereocenters. The van der Waals surface area contributed by atoms with Crippen molar-refractivity contribution in [2.75, 3.05) is 37.7 Å². The van der Waals surface area contributed by atoms with Gasteiger partial charge in [-0.05, 0) is 44.2 Å². The summed E-state index contributed by atoms with van der Waals surface area (Å²) in [5.41, 5.74) is 1.67. The summed E-state index contributed by atoms with van der Waals surface area (Å²) < 4.78 is 50.7. The van der Waals surface area contributed by atoms with Crippen molar-refractivity contribution in [3.05, 3.63) is 65.5 Å². The highest BCUT2D eigenvalue weighted by atomic mass is 19.4. The lowest BCUT2D eigenvalue weighted by molar-refractivity contribution is -0.137. The van der Waals surface area contributed by atoms with E-state index in [1.165, 1.54) is 12.1 Å². The number of anilines is 1. The van der Waals surface area contributed by atoms with E-state index in [2.05, 4.69) is 4.90 Å². The summed E-state index contributed by atoms with van der Waals surface area (Å²) in [6.07, 6.45) is -4.33. The van der Waals surface area contributed by atoms with Gasteiger partial charge in [-0.1, -0.05) is 18.2 Å². The maximum absolute atomic E-state index is 13.0. The fourth-order valence-corrected chi connectivity index (χ4v) is 3.87. The van der Waals surface area contributed by atoms with Gasteiger partial charge in [0, 0.05) is 38.4 Å². The van der Waals surface area contributed by atoms with Gasteiger partial charge in [0.05, 0.1) is 23.4 Å². The smallest absolute Gasteiger partial charge is 0.416 e. The Hall–Kier alpha value is -3.00. The second-order valence-corrected chi connectivity index (χ2v) is 7.76. The average Bonchev–Trinajstić information content (AvgIpc) is 3.14. The molecule has 170 valence electrons. The third kappa shape index (κ3) is 4.91. The molecule has 0 aliphatic carbocycles. The van der Waals surface area contributed by atoms with E-state index in [9.17, 15) is 13.2 Å². The minimum atomic E-state index is -4.33. The predicted octanol–water partition coefficient (Wildman–Crippen LogP) is 5.39. The van der Waals surface area contributed by atoms with Crippen LogP contribution in [0.2, 0.25) is 0 Å². The predicted molar refractivity (Wildman–Crippen MR) is 117 cm³/mol. The Bertz CT molecular complexity index is 1060. The molecule has 0 spiro atoms. The minimum absolute atomic E-state index is 0.532. The van der Waals surface area contributed by atoms with E-state index in [0.717, 1.165) is 41.9 Å². The van der Waals surface area contributed by atoms with E-state index in [1.807, 2.05) is 43.0 Å². The Kier molecular flexibility index (Phi) is 6.41. The molecule has 3 aromatic rings. The Labute approximate surface area is 185 Å². The van der Waals surface area contributed by atoms with Gasteiger partial charge in [-0.25, -0.2) is 4.98 Å². The maximum Gasteiger partial charge on any atom is 0.416 e. The van der Waals surface area contributed by atoms with Gasteiger partial charge in [0.2, 0.25) is 5.89 Å². The fraction of sp³-hybridized carbons (Fsp3) is 0.375. The Morgan fingerprint density at radius 1 is 1.03 bits per heavy atom. The van der Waals surface area contributed by atoms with Crippen LogP contribution in [0.15, 0.2) is 52.9 Å². The number of benzene rings is 2. The van der Waals surface area contributed by atoms with Gasteiger partial charge in [-0.2, -0.15) is 13.2 Å². The van der Waals surface area contributed by atoms with Crippen LogP contribution in [0.4, 0.5) is 18.9 Å². The van der Waals surface area contributed by atoms with Crippen LogP contribution in [-0.4, -0.2) is 42.7 Å². The van der Waals surface area contributed by atoms with E-state index in [0.29, 0.717) is 37.8 Å². The lowest BCUT2D eigenvalue weighted by atomic mass is 10.1. The Balaban J connectivity index is 1.41. The molecule has 2 aromatic carbocycles. The number of alkyl halides is 3. The van der Waals surface area contributed by atoms with Gasteiger partial charge in [0.25, 0.3) is 0 Å². The first-order valence-electron chi connectivity index (χ1n) is 10.7. The first-order chi connectivity index (χ1) is 15.3. The van der Waals surface area contributed by atoms with Crippen LogP contribution in [0, 0.1) is 6.92 Å². The molecule has 0 amide bonds. The molecule has 0 unspecified atom stereocenters. The van der Waals surface area contributed by atoms with Gasteiger partial charge >= 0.3 is 6.18 Å². The van der Waals surface area contributed by atoms with Gasteiger partial charge in [0.1, 0.15) is 11.5 Å². The maximum atomic E-state index is 13.0. The molecule has 1 fully saturated rings.